The quantitative estimate of drug-likeness (QED) is 0.390. The molecular weight excluding hydrogens is 422 g/mol. The Morgan fingerprint density at radius 1 is 1.00 bits per heavy atom. The largest absolute Gasteiger partial charge is 0.463 e. The van der Waals surface area contributed by atoms with Gasteiger partial charge in [-0.15, -0.1) is 0 Å². The molecule has 0 aromatic rings. The van der Waals surface area contributed by atoms with Gasteiger partial charge in [-0.3, -0.25) is 9.59 Å². The van der Waals surface area contributed by atoms with Crippen LogP contribution in [0, 0.1) is 34.5 Å². The van der Waals surface area contributed by atoms with E-state index in [1.54, 1.807) is 6.92 Å². The second-order valence-corrected chi connectivity index (χ2v) is 11.9. The van der Waals surface area contributed by atoms with Crippen LogP contribution in [0.3, 0.4) is 0 Å². The van der Waals surface area contributed by atoms with E-state index in [0.717, 1.165) is 51.4 Å². The van der Waals surface area contributed by atoms with E-state index in [1.165, 1.54) is 6.92 Å². The van der Waals surface area contributed by atoms with Crippen molar-refractivity contribution in [3.8, 4) is 0 Å². The van der Waals surface area contributed by atoms with Gasteiger partial charge in [0.15, 0.2) is 0 Å². The maximum Gasteiger partial charge on any atom is 0.351 e. The Morgan fingerprint density at radius 2 is 1.73 bits per heavy atom. The Hall–Kier alpha value is -1.63. The number of primary amides is 1. The van der Waals surface area contributed by atoms with E-state index < -0.39 is 23.1 Å². The Labute approximate surface area is 196 Å². The van der Waals surface area contributed by atoms with Crippen molar-refractivity contribution in [1.29, 1.82) is 0 Å². The minimum atomic E-state index is -1.62. The Bertz CT molecular complexity index is 875. The summed E-state index contributed by atoms with van der Waals surface area (Å²) in [4.78, 5) is 37.0. The summed E-state index contributed by atoms with van der Waals surface area (Å²) in [5.41, 5.74) is 3.34. The number of hydrogen-bond donors (Lipinski definition) is 1. The summed E-state index contributed by atoms with van der Waals surface area (Å²) >= 11 is 0. The average molecular weight is 462 g/mol. The van der Waals surface area contributed by atoms with Gasteiger partial charge in [0, 0.05) is 12.3 Å². The lowest BCUT2D eigenvalue weighted by Crippen LogP contribution is -2.57. The predicted molar refractivity (Wildman–Crippen MR) is 120 cm³/mol. The highest BCUT2D eigenvalue weighted by atomic mass is 16.7. The van der Waals surface area contributed by atoms with Crippen LogP contribution < -0.4 is 5.73 Å². The zero-order chi connectivity index (χ0) is 23.8. The molecule has 7 nitrogen and oxygen atoms in total. The minimum absolute atomic E-state index is 0.0568. The molecule has 7 heteroatoms. The van der Waals surface area contributed by atoms with Crippen molar-refractivity contribution < 1.29 is 28.6 Å². The van der Waals surface area contributed by atoms with E-state index in [-0.39, 0.29) is 29.5 Å². The van der Waals surface area contributed by atoms with Crippen molar-refractivity contribution >= 4 is 17.8 Å². The first-order valence-electron chi connectivity index (χ1n) is 12.9. The molecule has 1 saturated heterocycles. The van der Waals surface area contributed by atoms with E-state index in [0.29, 0.717) is 30.1 Å². The fourth-order valence-electron chi connectivity index (χ4n) is 9.33. The van der Waals surface area contributed by atoms with Crippen LogP contribution in [-0.2, 0) is 28.6 Å². The number of nitrogens with two attached hydrogens (primary N) is 1. The molecule has 0 unspecified atom stereocenters. The second kappa shape index (κ2) is 7.43. The summed E-state index contributed by atoms with van der Waals surface area (Å²) in [5.74, 6) is 0.684. The smallest absolute Gasteiger partial charge is 0.351 e. The SMILES string of the molecule is CCOC(=O)[C@@]1(C(N)=O)O[C@@]12CC[C@H]1[C@@H]3CC[C@H]4C[C@@H](OC(C)=O)CC[C@]4(C)[C@H]3CC[C@@]12C. The van der Waals surface area contributed by atoms with Gasteiger partial charge in [-0.2, -0.15) is 0 Å². The van der Waals surface area contributed by atoms with Crippen LogP contribution in [0.15, 0.2) is 0 Å². The molecule has 2 N–H and O–H groups in total. The molecule has 0 bridgehead atoms. The number of epoxide rings is 1. The molecule has 5 fully saturated rings. The zero-order valence-corrected chi connectivity index (χ0v) is 20.5. The summed E-state index contributed by atoms with van der Waals surface area (Å²) < 4.78 is 17.0. The molecule has 5 aliphatic rings. The Balaban J connectivity index is 1.39. The lowest BCUT2D eigenvalue weighted by molar-refractivity contribution is -0.160. The maximum absolute atomic E-state index is 12.9. The van der Waals surface area contributed by atoms with Crippen LogP contribution >= 0.6 is 0 Å². The van der Waals surface area contributed by atoms with Gasteiger partial charge in [0.25, 0.3) is 11.5 Å². The average Bonchev–Trinajstić information content (AvgIpc) is 3.36. The summed E-state index contributed by atoms with van der Waals surface area (Å²) in [6, 6.07) is 0. The van der Waals surface area contributed by atoms with Gasteiger partial charge in [-0.25, -0.2) is 4.79 Å². The highest BCUT2D eigenvalue weighted by Crippen LogP contribution is 2.76. The standard InChI is InChI=1S/C26H39NO6/c1-5-31-22(30)26(21(27)29)25(33-26)13-10-20-18-7-6-16-14-17(32-15(2)28)8-11-23(16,3)19(18)9-12-24(20,25)4/h16-20H,5-14H2,1-4H3,(H2,27,29)/t16-,17-,18+,19-,20-,23-,24-,25+,26+/m0/s1. The summed E-state index contributed by atoms with van der Waals surface area (Å²) in [7, 11) is 0. The van der Waals surface area contributed by atoms with Crippen molar-refractivity contribution in [1.82, 2.24) is 0 Å². The lowest BCUT2D eigenvalue weighted by atomic mass is 9.44. The number of esters is 2. The van der Waals surface area contributed by atoms with Crippen molar-refractivity contribution in [2.45, 2.75) is 103 Å². The number of carbonyl (C=O) groups is 3. The molecule has 5 rings (SSSR count). The van der Waals surface area contributed by atoms with E-state index >= 15 is 0 Å². The molecule has 184 valence electrons. The van der Waals surface area contributed by atoms with Gasteiger partial charge >= 0.3 is 11.9 Å². The zero-order valence-electron chi connectivity index (χ0n) is 20.5. The van der Waals surface area contributed by atoms with Crippen LogP contribution in [0.2, 0.25) is 0 Å². The predicted octanol–water partition coefficient (Wildman–Crippen LogP) is 3.52. The topological polar surface area (TPSA) is 108 Å². The molecular formula is C26H39NO6. The maximum atomic E-state index is 12.9. The number of amides is 1. The molecule has 0 aromatic heterocycles. The number of rotatable bonds is 4. The number of hydrogen-bond acceptors (Lipinski definition) is 6. The molecule has 1 heterocycles. The number of carbonyl (C=O) groups excluding carboxylic acids is 3. The van der Waals surface area contributed by atoms with Gasteiger partial charge in [-0.1, -0.05) is 13.8 Å². The van der Waals surface area contributed by atoms with E-state index in [2.05, 4.69) is 13.8 Å². The molecule has 1 aliphatic heterocycles. The first kappa shape index (κ1) is 23.1. The van der Waals surface area contributed by atoms with Crippen molar-refractivity contribution in [3.63, 3.8) is 0 Å². The lowest BCUT2D eigenvalue weighted by Gasteiger charge is -2.60. The second-order valence-electron chi connectivity index (χ2n) is 11.9. The first-order chi connectivity index (χ1) is 15.6. The molecule has 0 aromatic carbocycles. The molecule has 4 saturated carbocycles. The summed E-state index contributed by atoms with van der Waals surface area (Å²) in [6.45, 7) is 8.14. The van der Waals surface area contributed by atoms with E-state index in [1.807, 2.05) is 0 Å². The van der Waals surface area contributed by atoms with Crippen LogP contribution in [0.4, 0.5) is 0 Å². The van der Waals surface area contributed by atoms with E-state index in [9.17, 15) is 14.4 Å². The van der Waals surface area contributed by atoms with E-state index in [4.69, 9.17) is 19.9 Å². The fourth-order valence-corrected chi connectivity index (χ4v) is 9.33. The van der Waals surface area contributed by atoms with Crippen LogP contribution in [0.25, 0.3) is 0 Å². The van der Waals surface area contributed by atoms with Gasteiger partial charge in [0.1, 0.15) is 11.7 Å². The van der Waals surface area contributed by atoms with Crippen molar-refractivity contribution in [3.05, 3.63) is 0 Å². The summed E-state index contributed by atoms with van der Waals surface area (Å²) in [5, 5.41) is 0. The van der Waals surface area contributed by atoms with Gasteiger partial charge in [0.2, 0.25) is 0 Å². The number of fused-ring (bicyclic) bond motifs is 6. The Morgan fingerprint density at radius 3 is 2.39 bits per heavy atom. The monoisotopic (exact) mass is 461 g/mol. The molecule has 9 atom stereocenters. The normalized spacial score (nSPS) is 50.0. The first-order valence-corrected chi connectivity index (χ1v) is 12.9. The van der Waals surface area contributed by atoms with Crippen molar-refractivity contribution in [2.24, 2.45) is 40.2 Å². The minimum Gasteiger partial charge on any atom is -0.463 e. The molecule has 1 spiro atoms. The van der Waals surface area contributed by atoms with Gasteiger partial charge in [-0.05, 0) is 93.8 Å². The molecule has 33 heavy (non-hydrogen) atoms. The molecule has 0 radical (unpaired) electrons. The third-order valence-electron chi connectivity index (χ3n) is 10.8. The molecule has 1 amide bonds. The Kier molecular flexibility index (Phi) is 5.21. The van der Waals surface area contributed by atoms with Gasteiger partial charge < -0.3 is 19.9 Å². The highest BCUT2D eigenvalue weighted by Gasteiger charge is 2.88. The van der Waals surface area contributed by atoms with Gasteiger partial charge in [0.05, 0.1) is 6.61 Å². The molecule has 4 aliphatic carbocycles. The third kappa shape index (κ3) is 2.86. The van der Waals surface area contributed by atoms with Crippen LogP contribution in [0.5, 0.6) is 0 Å². The van der Waals surface area contributed by atoms with Crippen LogP contribution in [0.1, 0.15) is 85.5 Å². The number of ether oxygens (including phenoxy) is 3. The highest BCUT2D eigenvalue weighted by molar-refractivity contribution is 6.10. The summed E-state index contributed by atoms with van der Waals surface area (Å²) in [6.07, 6.45) is 9.02. The van der Waals surface area contributed by atoms with Crippen LogP contribution in [-0.4, -0.2) is 41.8 Å². The third-order valence-corrected chi connectivity index (χ3v) is 10.8. The fraction of sp³-hybridized carbons (Fsp3) is 0.885. The van der Waals surface area contributed by atoms with Crippen molar-refractivity contribution in [2.75, 3.05) is 6.61 Å².